The van der Waals surface area contributed by atoms with Crippen LogP contribution in [0.5, 0.6) is 0 Å². The molecule has 25 heavy (non-hydrogen) atoms. The Morgan fingerprint density at radius 1 is 1.28 bits per heavy atom. The van der Waals surface area contributed by atoms with E-state index in [1.807, 2.05) is 37.4 Å². The molecule has 0 radical (unpaired) electrons. The van der Waals surface area contributed by atoms with Crippen LogP contribution in [0.15, 0.2) is 30.5 Å². The number of amides is 4. The van der Waals surface area contributed by atoms with Gasteiger partial charge in [0.1, 0.15) is 5.54 Å². The van der Waals surface area contributed by atoms with Crippen LogP contribution in [0.1, 0.15) is 38.7 Å². The zero-order valence-corrected chi connectivity index (χ0v) is 14.4. The first-order chi connectivity index (χ1) is 11.9. The third kappa shape index (κ3) is 3.22. The molecular formula is C18H22N4O3. The third-order valence-corrected chi connectivity index (χ3v) is 4.73. The van der Waals surface area contributed by atoms with Crippen molar-refractivity contribution in [1.82, 2.24) is 20.7 Å². The van der Waals surface area contributed by atoms with Gasteiger partial charge in [-0.3, -0.25) is 15.0 Å². The molecule has 7 nitrogen and oxygen atoms in total. The van der Waals surface area contributed by atoms with Crippen LogP contribution in [0.2, 0.25) is 0 Å². The Balaban J connectivity index is 1.53. The number of benzene rings is 1. The minimum Gasteiger partial charge on any atom is -0.361 e. The number of aryl methyl sites for hydroxylation is 1. The van der Waals surface area contributed by atoms with Crippen molar-refractivity contribution in [1.29, 1.82) is 0 Å². The molecule has 1 fully saturated rings. The maximum absolute atomic E-state index is 12.2. The Hall–Kier alpha value is -2.83. The Labute approximate surface area is 145 Å². The van der Waals surface area contributed by atoms with E-state index in [1.165, 1.54) is 0 Å². The van der Waals surface area contributed by atoms with E-state index in [1.54, 1.807) is 6.92 Å². The fourth-order valence-corrected chi connectivity index (χ4v) is 2.98. The summed E-state index contributed by atoms with van der Waals surface area (Å²) in [6.45, 7) is 3.46. The number of urea groups is 1. The molecule has 0 spiro atoms. The molecule has 0 aliphatic carbocycles. The van der Waals surface area contributed by atoms with E-state index in [2.05, 4.69) is 15.7 Å². The molecule has 1 aromatic heterocycles. The summed E-state index contributed by atoms with van der Waals surface area (Å²) in [5.41, 5.74) is 3.68. The molecule has 4 amide bonds. The Morgan fingerprint density at radius 3 is 2.76 bits per heavy atom. The molecule has 0 unspecified atom stereocenters. The first-order valence-corrected chi connectivity index (χ1v) is 8.46. The van der Waals surface area contributed by atoms with Gasteiger partial charge in [-0.15, -0.1) is 0 Å². The predicted octanol–water partition coefficient (Wildman–Crippen LogP) is 2.24. The van der Waals surface area contributed by atoms with Crippen LogP contribution >= 0.6 is 0 Å². The summed E-state index contributed by atoms with van der Waals surface area (Å²) in [7, 11) is 0. The molecule has 1 aliphatic rings. The number of carbonyl (C=O) groups is 3. The second-order valence-electron chi connectivity index (χ2n) is 6.50. The molecule has 2 aromatic rings. The molecule has 7 heteroatoms. The fraction of sp³-hybridized carbons (Fsp3) is 0.389. The van der Waals surface area contributed by atoms with Gasteiger partial charge in [0.2, 0.25) is 5.91 Å². The maximum atomic E-state index is 12.2. The van der Waals surface area contributed by atoms with Crippen molar-refractivity contribution in [3.8, 4) is 0 Å². The number of aromatic nitrogens is 1. The number of rotatable bonds is 6. The van der Waals surface area contributed by atoms with Gasteiger partial charge in [-0.25, -0.2) is 4.79 Å². The number of nitrogens with one attached hydrogen (secondary N) is 3. The first kappa shape index (κ1) is 17.0. The molecule has 3 rings (SSSR count). The summed E-state index contributed by atoms with van der Waals surface area (Å²) < 4.78 is 0. The van der Waals surface area contributed by atoms with Gasteiger partial charge in [-0.05, 0) is 37.8 Å². The van der Waals surface area contributed by atoms with Crippen molar-refractivity contribution in [3.63, 3.8) is 0 Å². The van der Waals surface area contributed by atoms with Crippen molar-refractivity contribution in [2.75, 3.05) is 0 Å². The van der Waals surface area contributed by atoms with Gasteiger partial charge in [0, 0.05) is 23.5 Å². The zero-order valence-electron chi connectivity index (χ0n) is 14.4. The number of hydrazine groups is 1. The lowest BCUT2D eigenvalue weighted by Crippen LogP contribution is -2.48. The first-order valence-electron chi connectivity index (χ1n) is 8.46. The Morgan fingerprint density at radius 2 is 2.04 bits per heavy atom. The lowest BCUT2D eigenvalue weighted by atomic mass is 10.00. The summed E-state index contributed by atoms with van der Waals surface area (Å²) in [6.07, 6.45) is 4.02. The van der Waals surface area contributed by atoms with Crippen molar-refractivity contribution in [2.45, 2.75) is 45.1 Å². The topological polar surface area (TPSA) is 94.3 Å². The van der Waals surface area contributed by atoms with E-state index >= 15 is 0 Å². The summed E-state index contributed by atoms with van der Waals surface area (Å²) >= 11 is 0. The van der Waals surface area contributed by atoms with E-state index in [0.29, 0.717) is 12.8 Å². The van der Waals surface area contributed by atoms with Crippen LogP contribution < -0.4 is 10.7 Å². The normalized spacial score (nSPS) is 20.2. The van der Waals surface area contributed by atoms with Gasteiger partial charge >= 0.3 is 6.03 Å². The average Bonchev–Trinajstić information content (AvgIpc) is 3.10. The number of nitrogens with zero attached hydrogens (tertiary/aromatic N) is 1. The number of H-pyrrole nitrogens is 1. The van der Waals surface area contributed by atoms with Crippen molar-refractivity contribution in [2.24, 2.45) is 0 Å². The smallest absolute Gasteiger partial charge is 0.344 e. The summed E-state index contributed by atoms with van der Waals surface area (Å²) in [4.78, 5) is 39.4. The third-order valence-electron chi connectivity index (χ3n) is 4.73. The molecular weight excluding hydrogens is 320 g/mol. The number of fused-ring (bicyclic) bond motifs is 1. The van der Waals surface area contributed by atoms with Gasteiger partial charge in [-0.1, -0.05) is 25.1 Å². The van der Waals surface area contributed by atoms with E-state index < -0.39 is 17.5 Å². The molecule has 0 saturated carbocycles. The quantitative estimate of drug-likeness (QED) is 0.703. The van der Waals surface area contributed by atoms with Gasteiger partial charge < -0.3 is 10.3 Å². The largest absolute Gasteiger partial charge is 0.361 e. The minimum absolute atomic E-state index is 0.236. The van der Waals surface area contributed by atoms with Crippen molar-refractivity contribution >= 4 is 28.7 Å². The number of hydrogen-bond donors (Lipinski definition) is 3. The molecule has 1 aromatic carbocycles. The number of para-hydroxylation sites is 1. The van der Waals surface area contributed by atoms with Crippen molar-refractivity contribution < 1.29 is 14.4 Å². The van der Waals surface area contributed by atoms with E-state index in [-0.39, 0.29) is 12.3 Å². The highest BCUT2D eigenvalue weighted by Gasteiger charge is 2.47. The molecule has 2 heterocycles. The SMILES string of the molecule is CC[C@@]1(C)NC(=O)N(NC(=O)CCCc2c[nH]c3ccccc23)C1=O. The van der Waals surface area contributed by atoms with E-state index in [9.17, 15) is 14.4 Å². The Bertz CT molecular complexity index is 829. The standard InChI is InChI=1S/C18H22N4O3/c1-3-18(2)16(24)22(17(25)20-18)21-15(23)10-6-7-12-11-19-14-9-5-4-8-13(12)14/h4-5,8-9,11,19H,3,6-7,10H2,1-2H3,(H,20,25)(H,21,23)/t18-/m1/s1. The van der Waals surface area contributed by atoms with Gasteiger partial charge in [0.05, 0.1) is 0 Å². The number of aromatic amines is 1. The highest BCUT2D eigenvalue weighted by atomic mass is 16.2. The zero-order chi connectivity index (χ0) is 18.0. The highest BCUT2D eigenvalue weighted by Crippen LogP contribution is 2.20. The fourth-order valence-electron chi connectivity index (χ4n) is 2.98. The molecule has 0 bridgehead atoms. The summed E-state index contributed by atoms with van der Waals surface area (Å²) in [5, 5.41) is 4.54. The average molecular weight is 342 g/mol. The molecule has 1 saturated heterocycles. The summed E-state index contributed by atoms with van der Waals surface area (Å²) in [5.74, 6) is -0.770. The number of imide groups is 1. The summed E-state index contributed by atoms with van der Waals surface area (Å²) in [6, 6.07) is 7.42. The highest BCUT2D eigenvalue weighted by molar-refractivity contribution is 6.07. The second kappa shape index (κ2) is 6.58. The van der Waals surface area contributed by atoms with Gasteiger partial charge in [0.15, 0.2) is 0 Å². The van der Waals surface area contributed by atoms with Crippen LogP contribution in [0.25, 0.3) is 10.9 Å². The van der Waals surface area contributed by atoms with E-state index in [4.69, 9.17) is 0 Å². The molecule has 132 valence electrons. The maximum Gasteiger partial charge on any atom is 0.344 e. The lowest BCUT2D eigenvalue weighted by molar-refractivity contribution is -0.138. The number of hydrogen-bond acceptors (Lipinski definition) is 3. The van der Waals surface area contributed by atoms with Crippen LogP contribution in [0.3, 0.4) is 0 Å². The van der Waals surface area contributed by atoms with Crippen LogP contribution in [-0.2, 0) is 16.0 Å². The molecule has 3 N–H and O–H groups in total. The monoisotopic (exact) mass is 342 g/mol. The van der Waals surface area contributed by atoms with Gasteiger partial charge in [0.25, 0.3) is 5.91 Å². The Kier molecular flexibility index (Phi) is 4.48. The molecule has 1 atom stereocenters. The molecule has 1 aliphatic heterocycles. The second-order valence-corrected chi connectivity index (χ2v) is 6.50. The van der Waals surface area contributed by atoms with Crippen LogP contribution in [0.4, 0.5) is 4.79 Å². The van der Waals surface area contributed by atoms with Crippen LogP contribution in [0, 0.1) is 0 Å². The van der Waals surface area contributed by atoms with Crippen molar-refractivity contribution in [3.05, 3.63) is 36.0 Å². The lowest BCUT2D eigenvalue weighted by Gasteiger charge is -2.19. The van der Waals surface area contributed by atoms with Crippen LogP contribution in [-0.4, -0.2) is 33.4 Å². The minimum atomic E-state index is -0.950. The predicted molar refractivity (Wildman–Crippen MR) is 93.5 cm³/mol. The van der Waals surface area contributed by atoms with E-state index in [0.717, 1.165) is 27.9 Å². The number of carbonyl (C=O) groups excluding carboxylic acids is 3. The van der Waals surface area contributed by atoms with Gasteiger partial charge in [-0.2, -0.15) is 5.01 Å².